The van der Waals surface area contributed by atoms with Gasteiger partial charge in [-0.1, -0.05) is 60.1 Å². The second kappa shape index (κ2) is 13.3. The number of carbonyl (C=O) groups is 2. The number of aromatic nitrogens is 4. The predicted octanol–water partition coefficient (Wildman–Crippen LogP) is 5.64. The lowest BCUT2D eigenvalue weighted by Crippen LogP contribution is -2.55. The van der Waals surface area contributed by atoms with Crippen LogP contribution in [0, 0.1) is 6.92 Å². The first-order valence-corrected chi connectivity index (χ1v) is 15.8. The van der Waals surface area contributed by atoms with E-state index in [0.29, 0.717) is 58.2 Å². The normalized spacial score (nSPS) is 14.1. The first-order valence-electron chi connectivity index (χ1n) is 14.6. The van der Waals surface area contributed by atoms with Crippen molar-refractivity contribution in [2.45, 2.75) is 13.0 Å². The van der Waals surface area contributed by atoms with Gasteiger partial charge in [0.1, 0.15) is 22.8 Å². The summed E-state index contributed by atoms with van der Waals surface area (Å²) in [4.78, 5) is 44.9. The number of benzene rings is 3. The van der Waals surface area contributed by atoms with E-state index in [1.165, 1.54) is 6.33 Å². The molecule has 1 unspecified atom stereocenters. The summed E-state index contributed by atoms with van der Waals surface area (Å²) >= 11 is 9.71. The van der Waals surface area contributed by atoms with Crippen LogP contribution < -0.4 is 14.7 Å². The Morgan fingerprint density at radius 3 is 2.47 bits per heavy atom. The van der Waals surface area contributed by atoms with Crippen LogP contribution in [-0.2, 0) is 9.59 Å². The van der Waals surface area contributed by atoms with Gasteiger partial charge in [-0.15, -0.1) is 0 Å². The summed E-state index contributed by atoms with van der Waals surface area (Å²) < 4.78 is 0.575. The van der Waals surface area contributed by atoms with E-state index in [9.17, 15) is 9.59 Å². The zero-order valence-electron chi connectivity index (χ0n) is 24.9. The highest BCUT2D eigenvalue weighted by atomic mass is 79.9. The minimum absolute atomic E-state index is 0.0441. The molecule has 45 heavy (non-hydrogen) atoms. The Morgan fingerprint density at radius 2 is 1.73 bits per heavy atom. The van der Waals surface area contributed by atoms with Gasteiger partial charge in [0.15, 0.2) is 5.65 Å². The molecule has 0 spiro atoms. The van der Waals surface area contributed by atoms with E-state index in [-0.39, 0.29) is 18.4 Å². The van der Waals surface area contributed by atoms with Crippen molar-refractivity contribution in [1.82, 2.24) is 25.1 Å². The molecule has 1 aliphatic heterocycles. The van der Waals surface area contributed by atoms with Crippen molar-refractivity contribution in [3.8, 4) is 0 Å². The lowest BCUT2D eigenvalue weighted by Gasteiger charge is -2.41. The summed E-state index contributed by atoms with van der Waals surface area (Å²) in [6, 6.07) is 24.1. The number of aryl methyl sites for hydroxylation is 1. The number of fused-ring (bicyclic) bond motifs is 1. The number of likely N-dealkylation sites (N-methyl/N-ethyl adjacent to an activating group) is 1. The number of hydrogen-bond acceptors (Lipinski definition) is 7. The van der Waals surface area contributed by atoms with Gasteiger partial charge in [-0.25, -0.2) is 9.97 Å². The predicted molar refractivity (Wildman–Crippen MR) is 181 cm³/mol. The Balaban J connectivity index is 1.31. The Labute approximate surface area is 274 Å². The van der Waals surface area contributed by atoms with E-state index in [4.69, 9.17) is 11.6 Å². The zero-order chi connectivity index (χ0) is 31.5. The van der Waals surface area contributed by atoms with Gasteiger partial charge in [-0.3, -0.25) is 14.7 Å². The second-order valence-electron chi connectivity index (χ2n) is 10.9. The Morgan fingerprint density at radius 1 is 1.00 bits per heavy atom. The van der Waals surface area contributed by atoms with Gasteiger partial charge < -0.3 is 19.6 Å². The van der Waals surface area contributed by atoms with Crippen LogP contribution in [0.25, 0.3) is 11.0 Å². The van der Waals surface area contributed by atoms with Crippen molar-refractivity contribution in [3.05, 3.63) is 106 Å². The third-order valence-corrected chi connectivity index (χ3v) is 8.93. The van der Waals surface area contributed by atoms with Crippen molar-refractivity contribution in [3.63, 3.8) is 0 Å². The van der Waals surface area contributed by atoms with Gasteiger partial charge in [0, 0.05) is 49.6 Å². The van der Waals surface area contributed by atoms with Crippen LogP contribution in [0.1, 0.15) is 17.2 Å². The summed E-state index contributed by atoms with van der Waals surface area (Å²) in [5.41, 5.74) is 4.29. The largest absolute Gasteiger partial charge is 0.373 e. The third kappa shape index (κ3) is 6.36. The molecule has 2 amide bonds. The van der Waals surface area contributed by atoms with Crippen LogP contribution in [0.2, 0.25) is 5.02 Å². The number of aromatic amines is 1. The maximum Gasteiger partial charge on any atom is 0.254 e. The summed E-state index contributed by atoms with van der Waals surface area (Å²) in [6.07, 6.45) is 1.45. The molecule has 6 rings (SSSR count). The molecule has 2 aromatic heterocycles. The molecule has 1 fully saturated rings. The number of carbonyl (C=O) groups excluding carboxylic acids is 2. The highest BCUT2D eigenvalue weighted by Gasteiger charge is 2.38. The molecular weight excluding hydrogens is 656 g/mol. The highest BCUT2D eigenvalue weighted by molar-refractivity contribution is 9.10. The fourth-order valence-electron chi connectivity index (χ4n) is 5.77. The van der Waals surface area contributed by atoms with Gasteiger partial charge >= 0.3 is 0 Å². The monoisotopic (exact) mass is 686 g/mol. The van der Waals surface area contributed by atoms with E-state index in [2.05, 4.69) is 60.1 Å². The molecule has 5 aromatic rings. The molecule has 12 heteroatoms. The molecular formula is C33H32BrClN8O2. The first-order chi connectivity index (χ1) is 21.8. The Hall–Kier alpha value is -4.48. The van der Waals surface area contributed by atoms with Crippen LogP contribution in [0.15, 0.2) is 89.8 Å². The number of rotatable bonds is 9. The number of anilines is 3. The quantitative estimate of drug-likeness (QED) is 0.214. The lowest BCUT2D eigenvalue weighted by molar-refractivity contribution is -0.139. The van der Waals surface area contributed by atoms with Gasteiger partial charge in [-0.2, -0.15) is 5.10 Å². The van der Waals surface area contributed by atoms with Crippen molar-refractivity contribution < 1.29 is 9.59 Å². The minimum Gasteiger partial charge on any atom is -0.373 e. The molecule has 0 radical (unpaired) electrons. The number of H-pyrrole nitrogens is 1. The fourth-order valence-corrected chi connectivity index (χ4v) is 6.35. The van der Waals surface area contributed by atoms with E-state index in [1.807, 2.05) is 66.5 Å². The SMILES string of the molecule is Cc1ccccc1N(C)CCN(C(=O)C(c1ccc(Cl)cc1)N1CCN(c2ncnc3[nH]nc(Br)c23)CC1=O)c1ccccc1. The first kappa shape index (κ1) is 30.5. The van der Waals surface area contributed by atoms with Crippen molar-refractivity contribution in [2.75, 3.05) is 54.5 Å². The number of nitrogens with one attached hydrogen (secondary N) is 1. The number of para-hydroxylation sites is 2. The van der Waals surface area contributed by atoms with Crippen molar-refractivity contribution >= 4 is 67.6 Å². The smallest absolute Gasteiger partial charge is 0.254 e. The van der Waals surface area contributed by atoms with E-state index >= 15 is 0 Å². The van der Waals surface area contributed by atoms with Crippen LogP contribution in [0.3, 0.4) is 0 Å². The molecule has 3 heterocycles. The summed E-state index contributed by atoms with van der Waals surface area (Å²) in [5, 5.41) is 8.32. The van der Waals surface area contributed by atoms with Gasteiger partial charge in [0.25, 0.3) is 5.91 Å². The molecule has 1 N–H and O–H groups in total. The second-order valence-corrected chi connectivity index (χ2v) is 12.1. The van der Waals surface area contributed by atoms with Crippen LogP contribution >= 0.6 is 27.5 Å². The van der Waals surface area contributed by atoms with E-state index in [0.717, 1.165) is 16.9 Å². The maximum absolute atomic E-state index is 14.8. The van der Waals surface area contributed by atoms with E-state index < -0.39 is 6.04 Å². The van der Waals surface area contributed by atoms with Crippen LogP contribution in [0.4, 0.5) is 17.2 Å². The molecule has 3 aromatic carbocycles. The molecule has 1 saturated heterocycles. The molecule has 0 saturated carbocycles. The summed E-state index contributed by atoms with van der Waals surface area (Å²) in [6.45, 7) is 3.90. The standard InChI is InChI=1S/C33H32BrClN8O2/c1-22-8-6-7-11-26(22)40(2)16-18-42(25-9-4-3-5-10-25)33(45)29(23-12-14-24(35)15-13-23)43-19-17-41(20-27(43)44)32-28-30(34)38-39-31(28)36-21-37-32/h3-15,21,29H,16-20H2,1-2H3,(H,36,37,38,39). The molecule has 1 atom stereocenters. The van der Waals surface area contributed by atoms with Crippen LogP contribution in [0.5, 0.6) is 0 Å². The number of amides is 2. The highest BCUT2D eigenvalue weighted by Crippen LogP contribution is 2.33. The number of piperazine rings is 1. The lowest BCUT2D eigenvalue weighted by atomic mass is 10.0. The minimum atomic E-state index is -0.855. The van der Waals surface area contributed by atoms with Crippen LogP contribution in [-0.4, -0.2) is 76.7 Å². The molecule has 0 aliphatic carbocycles. The molecule has 0 bridgehead atoms. The van der Waals surface area contributed by atoms with Gasteiger partial charge in [0.2, 0.25) is 5.91 Å². The fraction of sp³-hybridized carbons (Fsp3) is 0.242. The van der Waals surface area contributed by atoms with Crippen molar-refractivity contribution in [2.24, 2.45) is 0 Å². The Kier molecular flexibility index (Phi) is 8.99. The molecule has 10 nitrogen and oxygen atoms in total. The zero-order valence-corrected chi connectivity index (χ0v) is 27.2. The third-order valence-electron chi connectivity index (χ3n) is 8.10. The average Bonchev–Trinajstić information content (AvgIpc) is 3.44. The molecule has 1 aliphatic rings. The van der Waals surface area contributed by atoms with E-state index in [1.54, 1.807) is 21.9 Å². The summed E-state index contributed by atoms with van der Waals surface area (Å²) in [5.74, 6) is 0.227. The summed E-state index contributed by atoms with van der Waals surface area (Å²) in [7, 11) is 2.03. The topological polar surface area (TPSA) is 102 Å². The average molecular weight is 688 g/mol. The Bertz CT molecular complexity index is 1820. The maximum atomic E-state index is 14.8. The number of halogens is 2. The van der Waals surface area contributed by atoms with Gasteiger partial charge in [0.05, 0.1) is 11.9 Å². The van der Waals surface area contributed by atoms with Gasteiger partial charge in [-0.05, 0) is 64.3 Å². The number of nitrogens with zero attached hydrogens (tertiary/aromatic N) is 7. The molecule has 230 valence electrons. The van der Waals surface area contributed by atoms with Crippen molar-refractivity contribution in [1.29, 1.82) is 0 Å². The number of hydrogen-bond donors (Lipinski definition) is 1.